The number of alkyl halides is 1. The van der Waals surface area contributed by atoms with E-state index in [2.05, 4.69) is 26.8 Å². The molecule has 1 saturated heterocycles. The monoisotopic (exact) mass is 303 g/mol. The molecule has 7 heteroatoms. The molecule has 6 nitrogen and oxygen atoms in total. The summed E-state index contributed by atoms with van der Waals surface area (Å²) in [5.74, 6) is 0.361. The van der Waals surface area contributed by atoms with Crippen LogP contribution in [0.2, 0.25) is 0 Å². The predicted molar refractivity (Wildman–Crippen MR) is 82.2 cm³/mol. The van der Waals surface area contributed by atoms with Crippen molar-refractivity contribution in [3.05, 3.63) is 31.2 Å². The van der Waals surface area contributed by atoms with Gasteiger partial charge in [0.05, 0.1) is 12.1 Å². The summed E-state index contributed by atoms with van der Waals surface area (Å²) in [6.07, 6.45) is 5.20. The van der Waals surface area contributed by atoms with E-state index in [0.29, 0.717) is 25.3 Å². The predicted octanol–water partition coefficient (Wildman–Crippen LogP) is 1.74. The summed E-state index contributed by atoms with van der Waals surface area (Å²) in [7, 11) is 0. The van der Waals surface area contributed by atoms with Crippen molar-refractivity contribution in [1.82, 2.24) is 19.9 Å². The molecule has 0 aliphatic carbocycles. The normalized spacial score (nSPS) is 21.8. The van der Waals surface area contributed by atoms with Crippen molar-refractivity contribution >= 4 is 22.8 Å². The number of aromatic amines is 1. The highest BCUT2D eigenvalue weighted by molar-refractivity contribution is 5.88. The first-order valence-electron chi connectivity index (χ1n) is 7.23. The standard InChI is InChI=1S/C15H18FN5O/c1-2-13(22)21-7-10(6-16)5-11(8-21)20-15-12-3-4-17-14(12)18-9-19-15/h2-4,9-11H,1,5-8H2,(H2,17,18,19,20)/t10-,11-/m1/s1. The van der Waals surface area contributed by atoms with Crippen LogP contribution in [0.4, 0.5) is 10.2 Å². The molecule has 0 aromatic carbocycles. The highest BCUT2D eigenvalue weighted by Crippen LogP contribution is 2.24. The lowest BCUT2D eigenvalue weighted by Crippen LogP contribution is -2.49. The number of anilines is 1. The topological polar surface area (TPSA) is 73.9 Å². The minimum absolute atomic E-state index is 0.0496. The second-order valence-electron chi connectivity index (χ2n) is 5.51. The average molecular weight is 303 g/mol. The molecule has 0 saturated carbocycles. The number of carbonyl (C=O) groups is 1. The van der Waals surface area contributed by atoms with Crippen molar-refractivity contribution in [2.24, 2.45) is 5.92 Å². The summed E-state index contributed by atoms with van der Waals surface area (Å²) >= 11 is 0. The molecule has 0 radical (unpaired) electrons. The number of nitrogens with zero attached hydrogens (tertiary/aromatic N) is 3. The molecule has 3 rings (SSSR count). The molecular weight excluding hydrogens is 285 g/mol. The molecule has 2 aromatic rings. The van der Waals surface area contributed by atoms with Crippen LogP contribution < -0.4 is 5.32 Å². The van der Waals surface area contributed by atoms with Gasteiger partial charge in [-0.05, 0) is 18.6 Å². The van der Waals surface area contributed by atoms with E-state index >= 15 is 0 Å². The highest BCUT2D eigenvalue weighted by atomic mass is 19.1. The number of piperidine rings is 1. The number of fused-ring (bicyclic) bond motifs is 1. The third kappa shape index (κ3) is 2.79. The van der Waals surface area contributed by atoms with Gasteiger partial charge in [-0.3, -0.25) is 9.18 Å². The van der Waals surface area contributed by atoms with Gasteiger partial charge in [0.1, 0.15) is 17.8 Å². The van der Waals surface area contributed by atoms with E-state index in [1.54, 1.807) is 11.1 Å². The molecule has 0 spiro atoms. The van der Waals surface area contributed by atoms with Crippen molar-refractivity contribution < 1.29 is 9.18 Å². The van der Waals surface area contributed by atoms with Gasteiger partial charge in [0.25, 0.3) is 0 Å². The SMILES string of the molecule is C=CC(=O)N1C[C@@H](CF)C[C@@H](Nc2ncnc3[nH]ccc23)C1. The van der Waals surface area contributed by atoms with E-state index in [-0.39, 0.29) is 17.9 Å². The molecule has 1 aliphatic rings. The Labute approximate surface area is 127 Å². The Morgan fingerprint density at radius 2 is 2.41 bits per heavy atom. The van der Waals surface area contributed by atoms with Gasteiger partial charge in [0.15, 0.2) is 0 Å². The highest BCUT2D eigenvalue weighted by Gasteiger charge is 2.29. The maximum absolute atomic E-state index is 13.1. The summed E-state index contributed by atoms with van der Waals surface area (Å²) in [6.45, 7) is 4.00. The Morgan fingerprint density at radius 1 is 1.55 bits per heavy atom. The second-order valence-corrected chi connectivity index (χ2v) is 5.51. The van der Waals surface area contributed by atoms with E-state index in [1.165, 1.54) is 12.4 Å². The van der Waals surface area contributed by atoms with Gasteiger partial charge in [-0.2, -0.15) is 0 Å². The number of H-pyrrole nitrogens is 1. The summed E-state index contributed by atoms with van der Waals surface area (Å²) in [5, 5.41) is 4.20. The molecule has 2 N–H and O–H groups in total. The zero-order valence-corrected chi connectivity index (χ0v) is 12.1. The molecule has 0 unspecified atom stereocenters. The third-order valence-corrected chi connectivity index (χ3v) is 3.94. The Kier molecular flexibility index (Phi) is 4.04. The fourth-order valence-corrected chi connectivity index (χ4v) is 2.91. The Bertz CT molecular complexity index is 685. The van der Waals surface area contributed by atoms with E-state index < -0.39 is 6.67 Å². The number of rotatable bonds is 4. The first-order chi connectivity index (χ1) is 10.7. The van der Waals surface area contributed by atoms with Gasteiger partial charge in [-0.1, -0.05) is 6.58 Å². The van der Waals surface area contributed by atoms with E-state index in [0.717, 1.165) is 11.0 Å². The van der Waals surface area contributed by atoms with Crippen molar-refractivity contribution in [3.8, 4) is 0 Å². The third-order valence-electron chi connectivity index (χ3n) is 3.94. The number of aromatic nitrogens is 3. The molecule has 1 aliphatic heterocycles. The summed E-state index contributed by atoms with van der Waals surface area (Å²) in [4.78, 5) is 24.9. The van der Waals surface area contributed by atoms with E-state index in [4.69, 9.17) is 0 Å². The minimum atomic E-state index is -0.442. The smallest absolute Gasteiger partial charge is 0.246 e. The minimum Gasteiger partial charge on any atom is -0.365 e. The van der Waals surface area contributed by atoms with Crippen LogP contribution in [-0.4, -0.2) is 51.6 Å². The maximum Gasteiger partial charge on any atom is 0.246 e. The van der Waals surface area contributed by atoms with Gasteiger partial charge < -0.3 is 15.2 Å². The van der Waals surface area contributed by atoms with Crippen molar-refractivity contribution in [2.45, 2.75) is 12.5 Å². The summed E-state index contributed by atoms with van der Waals surface area (Å²) in [6, 6.07) is 1.84. The quantitative estimate of drug-likeness (QED) is 0.844. The largest absolute Gasteiger partial charge is 0.365 e. The molecule has 116 valence electrons. The van der Waals surface area contributed by atoms with Gasteiger partial charge in [-0.15, -0.1) is 0 Å². The number of halogens is 1. The zero-order chi connectivity index (χ0) is 15.5. The molecule has 2 atom stereocenters. The first-order valence-corrected chi connectivity index (χ1v) is 7.23. The number of nitrogens with one attached hydrogen (secondary N) is 2. The lowest BCUT2D eigenvalue weighted by molar-refractivity contribution is -0.128. The molecule has 22 heavy (non-hydrogen) atoms. The molecule has 0 bridgehead atoms. The molecule has 3 heterocycles. The number of carbonyl (C=O) groups excluding carboxylic acids is 1. The molecule has 1 amide bonds. The lowest BCUT2D eigenvalue weighted by Gasteiger charge is -2.37. The van der Waals surface area contributed by atoms with Crippen LogP contribution in [0.25, 0.3) is 11.0 Å². The van der Waals surface area contributed by atoms with Crippen LogP contribution in [-0.2, 0) is 4.79 Å². The fourth-order valence-electron chi connectivity index (χ4n) is 2.91. The van der Waals surface area contributed by atoms with Crippen LogP contribution in [0, 0.1) is 5.92 Å². The second kappa shape index (κ2) is 6.13. The fraction of sp³-hybridized carbons (Fsp3) is 0.400. The summed E-state index contributed by atoms with van der Waals surface area (Å²) in [5.41, 5.74) is 0.745. The van der Waals surface area contributed by atoms with Crippen LogP contribution in [0.3, 0.4) is 0 Å². The lowest BCUT2D eigenvalue weighted by atomic mass is 9.95. The van der Waals surface area contributed by atoms with E-state index in [1.807, 2.05) is 6.07 Å². The molecule has 1 fully saturated rings. The van der Waals surface area contributed by atoms with Gasteiger partial charge >= 0.3 is 0 Å². The summed E-state index contributed by atoms with van der Waals surface area (Å²) < 4.78 is 13.1. The molecular formula is C15H18FN5O. The van der Waals surface area contributed by atoms with Gasteiger partial charge in [0.2, 0.25) is 5.91 Å². The van der Waals surface area contributed by atoms with Crippen LogP contribution in [0.15, 0.2) is 31.2 Å². The Balaban J connectivity index is 1.79. The van der Waals surface area contributed by atoms with Gasteiger partial charge in [-0.25, -0.2) is 9.97 Å². The molecule has 2 aromatic heterocycles. The van der Waals surface area contributed by atoms with Crippen molar-refractivity contribution in [3.63, 3.8) is 0 Å². The maximum atomic E-state index is 13.1. The zero-order valence-electron chi connectivity index (χ0n) is 12.1. The van der Waals surface area contributed by atoms with Crippen LogP contribution in [0.5, 0.6) is 0 Å². The number of amides is 1. The van der Waals surface area contributed by atoms with Crippen molar-refractivity contribution in [1.29, 1.82) is 0 Å². The number of hydrogen-bond donors (Lipinski definition) is 2. The van der Waals surface area contributed by atoms with E-state index in [9.17, 15) is 9.18 Å². The Morgan fingerprint density at radius 3 is 3.18 bits per heavy atom. The number of likely N-dealkylation sites (tertiary alicyclic amines) is 1. The first kappa shape index (κ1) is 14.5. The van der Waals surface area contributed by atoms with Crippen LogP contribution in [0.1, 0.15) is 6.42 Å². The Hall–Kier alpha value is -2.44. The average Bonchev–Trinajstić information content (AvgIpc) is 3.03. The number of hydrogen-bond acceptors (Lipinski definition) is 4. The van der Waals surface area contributed by atoms with Crippen LogP contribution >= 0.6 is 0 Å². The van der Waals surface area contributed by atoms with Gasteiger partial charge in [0, 0.05) is 31.2 Å². The van der Waals surface area contributed by atoms with Crippen molar-refractivity contribution in [2.75, 3.05) is 25.1 Å².